The van der Waals surface area contributed by atoms with Crippen LogP contribution in [0.25, 0.3) is 0 Å². The zero-order valence-corrected chi connectivity index (χ0v) is 12.4. The zero-order valence-electron chi connectivity index (χ0n) is 11.5. The molecule has 1 aromatic rings. The van der Waals surface area contributed by atoms with Crippen LogP contribution in [0, 0.1) is 12.3 Å². The smallest absolute Gasteiger partial charge is 0.00896 e. The molecule has 1 heterocycles. The average molecular weight is 251 g/mol. The van der Waals surface area contributed by atoms with Gasteiger partial charge in [0.05, 0.1) is 0 Å². The maximum Gasteiger partial charge on any atom is 0.00896 e. The van der Waals surface area contributed by atoms with E-state index in [4.69, 9.17) is 0 Å². The van der Waals surface area contributed by atoms with Crippen molar-refractivity contribution in [2.45, 2.75) is 65.5 Å². The van der Waals surface area contributed by atoms with E-state index in [9.17, 15) is 0 Å². The van der Waals surface area contributed by atoms with Gasteiger partial charge in [-0.1, -0.05) is 13.8 Å². The van der Waals surface area contributed by atoms with E-state index >= 15 is 0 Å². The minimum absolute atomic E-state index is 0.552. The fourth-order valence-corrected chi connectivity index (χ4v) is 3.96. The van der Waals surface area contributed by atoms with Gasteiger partial charge < -0.3 is 5.32 Å². The van der Waals surface area contributed by atoms with Gasteiger partial charge in [-0.15, -0.1) is 11.3 Å². The van der Waals surface area contributed by atoms with E-state index in [1.54, 1.807) is 0 Å². The first-order chi connectivity index (χ1) is 7.94. The summed E-state index contributed by atoms with van der Waals surface area (Å²) in [4.78, 5) is 2.94. The predicted octanol–water partition coefficient (Wildman–Crippen LogP) is 4.16. The molecule has 0 bridgehead atoms. The summed E-state index contributed by atoms with van der Waals surface area (Å²) in [5.41, 5.74) is 0.552. The molecule has 0 saturated heterocycles. The monoisotopic (exact) mass is 251 g/mol. The molecule has 17 heavy (non-hydrogen) atoms. The van der Waals surface area contributed by atoms with Crippen LogP contribution in [0.1, 0.15) is 49.8 Å². The van der Waals surface area contributed by atoms with E-state index in [0.717, 1.165) is 6.04 Å². The van der Waals surface area contributed by atoms with Gasteiger partial charge in [0.1, 0.15) is 0 Å². The Balaban J connectivity index is 1.80. The van der Waals surface area contributed by atoms with Crippen molar-refractivity contribution < 1.29 is 0 Å². The molecule has 1 fully saturated rings. The molecule has 0 radical (unpaired) electrons. The Hall–Kier alpha value is -0.340. The number of hydrogen-bond acceptors (Lipinski definition) is 2. The van der Waals surface area contributed by atoms with Crippen molar-refractivity contribution >= 4 is 11.3 Å². The number of nitrogens with one attached hydrogen (secondary N) is 1. The van der Waals surface area contributed by atoms with E-state index in [0.29, 0.717) is 11.5 Å². The summed E-state index contributed by atoms with van der Waals surface area (Å²) >= 11 is 1.93. The fourth-order valence-electron chi connectivity index (χ4n) is 2.94. The first-order valence-electron chi connectivity index (χ1n) is 6.76. The lowest BCUT2D eigenvalue weighted by Gasteiger charge is -2.21. The molecule has 0 aromatic carbocycles. The Morgan fingerprint density at radius 3 is 2.76 bits per heavy atom. The molecule has 2 unspecified atom stereocenters. The number of rotatable bonds is 4. The predicted molar refractivity (Wildman–Crippen MR) is 76.8 cm³/mol. The highest BCUT2D eigenvalue weighted by Crippen LogP contribution is 2.37. The largest absolute Gasteiger partial charge is 0.311 e. The van der Waals surface area contributed by atoms with Crippen LogP contribution < -0.4 is 5.32 Å². The fraction of sp³-hybridized carbons (Fsp3) is 0.733. The van der Waals surface area contributed by atoms with Gasteiger partial charge in [0, 0.05) is 21.8 Å². The lowest BCUT2D eigenvalue weighted by atomic mass is 9.92. The molecule has 1 saturated carbocycles. The van der Waals surface area contributed by atoms with E-state index < -0.39 is 0 Å². The minimum Gasteiger partial charge on any atom is -0.311 e. The summed E-state index contributed by atoms with van der Waals surface area (Å²) in [6.07, 6.45) is 5.23. The molecule has 0 aliphatic heterocycles. The van der Waals surface area contributed by atoms with Crippen LogP contribution in [0.4, 0.5) is 0 Å². The van der Waals surface area contributed by atoms with Gasteiger partial charge in [0.2, 0.25) is 0 Å². The molecule has 1 N–H and O–H groups in total. The summed E-state index contributed by atoms with van der Waals surface area (Å²) in [5.74, 6) is 0. The van der Waals surface area contributed by atoms with E-state index in [2.05, 4.69) is 45.1 Å². The molecule has 1 aromatic heterocycles. The Labute approximate surface area is 110 Å². The number of hydrogen-bond donors (Lipinski definition) is 1. The average Bonchev–Trinajstić information content (AvgIpc) is 2.73. The highest BCUT2D eigenvalue weighted by Gasteiger charge is 2.31. The maximum absolute atomic E-state index is 3.80. The Morgan fingerprint density at radius 1 is 1.47 bits per heavy atom. The minimum atomic E-state index is 0.552. The lowest BCUT2D eigenvalue weighted by Crippen LogP contribution is -2.36. The summed E-state index contributed by atoms with van der Waals surface area (Å²) in [5, 5.41) is 3.80. The van der Waals surface area contributed by atoms with Crippen molar-refractivity contribution in [2.24, 2.45) is 5.41 Å². The Bertz CT molecular complexity index is 367. The normalized spacial score (nSPS) is 25.1. The third kappa shape index (κ3) is 3.82. The summed E-state index contributed by atoms with van der Waals surface area (Å²) in [7, 11) is 0. The van der Waals surface area contributed by atoms with Crippen LogP contribution in [0.15, 0.2) is 12.1 Å². The highest BCUT2D eigenvalue weighted by atomic mass is 32.1. The third-order valence-corrected chi connectivity index (χ3v) is 4.82. The standard InChI is InChI=1S/C15H25NS/c1-11(9-14-6-5-12(2)17-14)16-13-7-8-15(3,4)10-13/h5-6,11,13,16H,7-10H2,1-4H3. The van der Waals surface area contributed by atoms with Crippen LogP contribution in [0.3, 0.4) is 0 Å². The molecular formula is C15H25NS. The van der Waals surface area contributed by atoms with Crippen LogP contribution in [-0.2, 0) is 6.42 Å². The first-order valence-corrected chi connectivity index (χ1v) is 7.58. The molecule has 0 amide bonds. The van der Waals surface area contributed by atoms with Gasteiger partial charge in [-0.2, -0.15) is 0 Å². The first kappa shape index (κ1) is 13.1. The second kappa shape index (κ2) is 5.11. The molecule has 2 atom stereocenters. The van der Waals surface area contributed by atoms with Crippen molar-refractivity contribution in [1.82, 2.24) is 5.32 Å². The Morgan fingerprint density at radius 2 is 2.24 bits per heavy atom. The summed E-state index contributed by atoms with van der Waals surface area (Å²) in [6.45, 7) is 9.29. The lowest BCUT2D eigenvalue weighted by molar-refractivity contribution is 0.355. The molecule has 1 nitrogen and oxygen atoms in total. The quantitative estimate of drug-likeness (QED) is 0.847. The topological polar surface area (TPSA) is 12.0 Å². The third-order valence-electron chi connectivity index (χ3n) is 3.79. The highest BCUT2D eigenvalue weighted by molar-refractivity contribution is 7.11. The van der Waals surface area contributed by atoms with Crippen molar-refractivity contribution in [1.29, 1.82) is 0 Å². The second-order valence-electron chi connectivity index (χ2n) is 6.39. The molecule has 1 aliphatic rings. The molecule has 96 valence electrons. The Kier molecular flexibility index (Phi) is 3.94. The van der Waals surface area contributed by atoms with Crippen LogP contribution in [0.2, 0.25) is 0 Å². The van der Waals surface area contributed by atoms with Gasteiger partial charge >= 0.3 is 0 Å². The number of aryl methyl sites for hydroxylation is 1. The van der Waals surface area contributed by atoms with E-state index in [1.807, 2.05) is 11.3 Å². The molecule has 0 spiro atoms. The van der Waals surface area contributed by atoms with Gasteiger partial charge in [0.25, 0.3) is 0 Å². The van der Waals surface area contributed by atoms with Crippen LogP contribution in [0.5, 0.6) is 0 Å². The number of thiophene rings is 1. The molecule has 2 heteroatoms. The van der Waals surface area contributed by atoms with Gasteiger partial charge in [-0.25, -0.2) is 0 Å². The van der Waals surface area contributed by atoms with Crippen molar-refractivity contribution in [3.05, 3.63) is 21.9 Å². The van der Waals surface area contributed by atoms with Crippen LogP contribution >= 0.6 is 11.3 Å². The van der Waals surface area contributed by atoms with Crippen LogP contribution in [-0.4, -0.2) is 12.1 Å². The van der Waals surface area contributed by atoms with Gasteiger partial charge in [-0.05, 0) is 57.1 Å². The SMILES string of the molecule is Cc1ccc(CC(C)NC2CCC(C)(C)C2)s1. The maximum atomic E-state index is 3.80. The summed E-state index contributed by atoms with van der Waals surface area (Å²) < 4.78 is 0. The van der Waals surface area contributed by atoms with E-state index in [1.165, 1.54) is 35.4 Å². The molecular weight excluding hydrogens is 226 g/mol. The van der Waals surface area contributed by atoms with Crippen molar-refractivity contribution in [3.8, 4) is 0 Å². The van der Waals surface area contributed by atoms with E-state index in [-0.39, 0.29) is 0 Å². The van der Waals surface area contributed by atoms with Gasteiger partial charge in [0.15, 0.2) is 0 Å². The van der Waals surface area contributed by atoms with Gasteiger partial charge in [-0.3, -0.25) is 0 Å². The second-order valence-corrected chi connectivity index (χ2v) is 7.76. The molecule has 1 aliphatic carbocycles. The zero-order chi connectivity index (χ0) is 12.5. The molecule has 2 rings (SSSR count). The summed E-state index contributed by atoms with van der Waals surface area (Å²) in [6, 6.07) is 5.84. The van der Waals surface area contributed by atoms with Crippen molar-refractivity contribution in [2.75, 3.05) is 0 Å². The van der Waals surface area contributed by atoms with Crippen molar-refractivity contribution in [3.63, 3.8) is 0 Å².